The lowest BCUT2D eigenvalue weighted by Crippen LogP contribution is -2.77. The van der Waals surface area contributed by atoms with Crippen LogP contribution in [0.4, 0.5) is 0 Å². The van der Waals surface area contributed by atoms with Gasteiger partial charge >= 0.3 is 0 Å². The molecule has 1 saturated heterocycles. The van der Waals surface area contributed by atoms with E-state index in [9.17, 15) is 18.0 Å². The predicted molar refractivity (Wildman–Crippen MR) is 66.6 cm³/mol. The third-order valence-corrected chi connectivity index (χ3v) is 5.67. The number of alkyl halides is 1. The number of rotatable bonds is 1. The molecule has 2 rings (SSSR count). The van der Waals surface area contributed by atoms with Gasteiger partial charge in [0.2, 0.25) is 4.87 Å². The van der Waals surface area contributed by atoms with Crippen LogP contribution in [-0.2, 0) is 19.4 Å². The number of ketones is 1. The molecule has 0 saturated carbocycles. The number of β-lactam (4-membered cyclic amide) rings is 1. The Labute approximate surface area is 111 Å². The minimum atomic E-state index is -3.60. The van der Waals surface area contributed by atoms with Gasteiger partial charge in [-0.1, -0.05) is 38.4 Å². The first kappa shape index (κ1) is 13.5. The van der Waals surface area contributed by atoms with E-state index in [4.69, 9.17) is 11.6 Å². The number of carbonyl (C=O) groups excluding carboxylic acids is 2. The number of sulfone groups is 1. The highest BCUT2D eigenvalue weighted by atomic mass is 35.5. The highest BCUT2D eigenvalue weighted by Crippen LogP contribution is 2.46. The summed E-state index contributed by atoms with van der Waals surface area (Å²) in [5.74, 6) is -1.41. The first-order valence-electron chi connectivity index (χ1n) is 5.48. The third kappa shape index (κ3) is 1.55. The van der Waals surface area contributed by atoms with Crippen molar-refractivity contribution in [1.29, 1.82) is 0 Å². The van der Waals surface area contributed by atoms with E-state index in [1.54, 1.807) is 20.8 Å². The Hall–Kier alpha value is -0.880. The van der Waals surface area contributed by atoms with Crippen LogP contribution in [0.5, 0.6) is 0 Å². The largest absolute Gasteiger partial charge is 0.297 e. The van der Waals surface area contributed by atoms with E-state index in [0.29, 0.717) is 0 Å². The van der Waals surface area contributed by atoms with E-state index < -0.39 is 37.2 Å². The monoisotopic (exact) mass is 291 g/mol. The molecule has 2 aliphatic rings. The number of nitrogens with zero attached hydrogens (tertiary/aromatic N) is 1. The molecule has 18 heavy (non-hydrogen) atoms. The number of hydrogen-bond acceptors (Lipinski definition) is 4. The minimum Gasteiger partial charge on any atom is -0.297 e. The second kappa shape index (κ2) is 3.57. The maximum absolute atomic E-state index is 12.3. The molecule has 0 spiro atoms. The number of hydrogen-bond donors (Lipinski definition) is 0. The van der Waals surface area contributed by atoms with Crippen LogP contribution in [-0.4, -0.2) is 41.0 Å². The summed E-state index contributed by atoms with van der Waals surface area (Å²) in [5.41, 5.74) is -0.875. The number of Topliss-reactive ketones (excluding diaryl/α,β-unsaturated/α-hetero) is 1. The van der Waals surface area contributed by atoms with Gasteiger partial charge in [-0.05, 0) is 0 Å². The molecule has 0 unspecified atom stereocenters. The van der Waals surface area contributed by atoms with Crippen LogP contribution in [0.25, 0.3) is 0 Å². The minimum absolute atomic E-state index is 0.201. The van der Waals surface area contributed by atoms with Crippen LogP contribution in [0.3, 0.4) is 0 Å². The molecule has 5 nitrogen and oxygen atoms in total. The summed E-state index contributed by atoms with van der Waals surface area (Å²) in [6.07, 6.45) is 2.76. The van der Waals surface area contributed by atoms with Crippen molar-refractivity contribution in [1.82, 2.24) is 4.90 Å². The Morgan fingerprint density at radius 3 is 2.56 bits per heavy atom. The van der Waals surface area contributed by atoms with Gasteiger partial charge in [-0.3, -0.25) is 14.5 Å². The molecule has 0 aromatic carbocycles. The standard InChI is InChI=1S/C11H14ClNO4S/c1-10(2,3)7(14)11(12)8(15)13-5-4-6-18(16,17)9(11)13/h4-5,9H,6H2,1-3H3/t9-,11-/m0/s1. The maximum Gasteiger partial charge on any atom is 0.259 e. The second-order valence-corrected chi connectivity index (χ2v) is 8.27. The molecule has 0 aromatic heterocycles. The number of halogens is 1. The fourth-order valence-electron chi connectivity index (χ4n) is 2.23. The zero-order chi connectivity index (χ0) is 13.9. The average molecular weight is 292 g/mol. The number of fused-ring (bicyclic) bond motifs is 1. The van der Waals surface area contributed by atoms with Crippen molar-refractivity contribution >= 4 is 33.1 Å². The molecule has 0 aliphatic carbocycles. The first-order valence-corrected chi connectivity index (χ1v) is 7.57. The van der Waals surface area contributed by atoms with Crippen LogP contribution in [0.1, 0.15) is 20.8 Å². The summed E-state index contributed by atoms with van der Waals surface area (Å²) in [6.45, 7) is 4.84. The number of carbonyl (C=O) groups is 2. The summed E-state index contributed by atoms with van der Waals surface area (Å²) in [6, 6.07) is 0. The molecule has 0 radical (unpaired) electrons. The highest BCUT2D eigenvalue weighted by Gasteiger charge is 2.70. The molecule has 0 N–H and O–H groups in total. The zero-order valence-corrected chi connectivity index (χ0v) is 11.9. The van der Waals surface area contributed by atoms with Crippen LogP contribution in [0, 0.1) is 5.41 Å². The van der Waals surface area contributed by atoms with Crippen molar-refractivity contribution in [3.8, 4) is 0 Å². The molecular weight excluding hydrogens is 278 g/mol. The fourth-order valence-corrected chi connectivity index (χ4v) is 4.87. The predicted octanol–water partition coefficient (Wildman–Crippen LogP) is 0.690. The van der Waals surface area contributed by atoms with Crippen molar-refractivity contribution < 1.29 is 18.0 Å². The van der Waals surface area contributed by atoms with Crippen molar-refractivity contribution in [2.45, 2.75) is 31.0 Å². The Bertz CT molecular complexity index is 560. The lowest BCUT2D eigenvalue weighted by atomic mass is 9.78. The summed E-state index contributed by atoms with van der Waals surface area (Å²) in [7, 11) is -3.60. The van der Waals surface area contributed by atoms with Crippen LogP contribution in [0.2, 0.25) is 0 Å². The van der Waals surface area contributed by atoms with Gasteiger partial charge in [0.05, 0.1) is 5.75 Å². The fraction of sp³-hybridized carbons (Fsp3) is 0.636. The quantitative estimate of drug-likeness (QED) is 0.405. The SMILES string of the molecule is CC(C)(C)C(=O)[C@]1(Cl)C(=O)N2C=CCS(=O)(=O)[C@H]21. The van der Waals surface area contributed by atoms with Crippen LogP contribution >= 0.6 is 11.6 Å². The van der Waals surface area contributed by atoms with Crippen LogP contribution in [0.15, 0.2) is 12.3 Å². The van der Waals surface area contributed by atoms with Gasteiger partial charge in [0.1, 0.15) is 0 Å². The van der Waals surface area contributed by atoms with Gasteiger partial charge in [-0.2, -0.15) is 0 Å². The topological polar surface area (TPSA) is 71.5 Å². The van der Waals surface area contributed by atoms with Crippen molar-refractivity contribution in [2.24, 2.45) is 5.41 Å². The van der Waals surface area contributed by atoms with E-state index in [1.165, 1.54) is 12.3 Å². The van der Waals surface area contributed by atoms with E-state index in [1.807, 2.05) is 0 Å². The summed E-state index contributed by atoms with van der Waals surface area (Å²) >= 11 is 6.10. The average Bonchev–Trinajstić information content (AvgIpc) is 2.23. The van der Waals surface area contributed by atoms with Crippen molar-refractivity contribution in [2.75, 3.05) is 5.75 Å². The summed E-state index contributed by atoms with van der Waals surface area (Å²) in [5, 5.41) is -1.27. The summed E-state index contributed by atoms with van der Waals surface area (Å²) in [4.78, 5) is 23.3. The summed E-state index contributed by atoms with van der Waals surface area (Å²) < 4.78 is 23.9. The second-order valence-electron chi connectivity index (χ2n) is 5.57. The normalized spacial score (nSPS) is 33.9. The Kier molecular flexibility index (Phi) is 2.69. The molecular formula is C11H14ClNO4S. The van der Waals surface area contributed by atoms with E-state index in [0.717, 1.165) is 4.90 Å². The molecule has 2 aliphatic heterocycles. The van der Waals surface area contributed by atoms with Gasteiger partial charge in [0.25, 0.3) is 5.91 Å². The van der Waals surface area contributed by atoms with Crippen molar-refractivity contribution in [3.05, 3.63) is 12.3 Å². The molecule has 2 heterocycles. The van der Waals surface area contributed by atoms with Gasteiger partial charge in [0.15, 0.2) is 21.0 Å². The molecule has 100 valence electrons. The lowest BCUT2D eigenvalue weighted by molar-refractivity contribution is -0.152. The Balaban J connectivity index is 2.51. The lowest BCUT2D eigenvalue weighted by Gasteiger charge is -2.51. The molecule has 1 amide bonds. The first-order chi connectivity index (χ1) is 8.03. The van der Waals surface area contributed by atoms with Gasteiger partial charge < -0.3 is 0 Å². The van der Waals surface area contributed by atoms with Gasteiger partial charge in [-0.25, -0.2) is 8.42 Å². The van der Waals surface area contributed by atoms with E-state index in [-0.39, 0.29) is 5.75 Å². The van der Waals surface area contributed by atoms with Gasteiger partial charge in [-0.15, -0.1) is 0 Å². The molecule has 2 atom stereocenters. The Morgan fingerprint density at radius 2 is 2.06 bits per heavy atom. The maximum atomic E-state index is 12.3. The molecule has 0 aromatic rings. The molecule has 0 bridgehead atoms. The van der Waals surface area contributed by atoms with Gasteiger partial charge in [0, 0.05) is 11.6 Å². The van der Waals surface area contributed by atoms with Crippen LogP contribution < -0.4 is 0 Å². The van der Waals surface area contributed by atoms with E-state index in [2.05, 4.69) is 0 Å². The number of amides is 1. The van der Waals surface area contributed by atoms with Crippen molar-refractivity contribution in [3.63, 3.8) is 0 Å². The Morgan fingerprint density at radius 1 is 1.50 bits per heavy atom. The molecule has 1 fully saturated rings. The third-order valence-electron chi connectivity index (χ3n) is 3.09. The zero-order valence-electron chi connectivity index (χ0n) is 10.3. The molecule has 7 heteroatoms. The van der Waals surface area contributed by atoms with E-state index >= 15 is 0 Å². The highest BCUT2D eigenvalue weighted by molar-refractivity contribution is 7.92. The smallest absolute Gasteiger partial charge is 0.259 e.